The van der Waals surface area contributed by atoms with Gasteiger partial charge >= 0.3 is 6.03 Å². The molecule has 0 aliphatic carbocycles. The first kappa shape index (κ1) is 19.1. The smallest absolute Gasteiger partial charge is 0.323 e. The average Bonchev–Trinajstić information content (AvgIpc) is 2.64. The van der Waals surface area contributed by atoms with Gasteiger partial charge in [-0.05, 0) is 42.3 Å². The summed E-state index contributed by atoms with van der Waals surface area (Å²) in [6, 6.07) is 8.99. The number of halogens is 1. The zero-order chi connectivity index (χ0) is 19.2. The molecule has 7 heteroatoms. The maximum Gasteiger partial charge on any atom is 0.323 e. The number of anilines is 3. The number of aromatic nitrogens is 1. The van der Waals surface area contributed by atoms with E-state index in [1.807, 2.05) is 12.1 Å². The number of carbonyl (C=O) groups excluding carboxylic acids is 1. The molecule has 0 radical (unpaired) electrons. The molecule has 2 heterocycles. The summed E-state index contributed by atoms with van der Waals surface area (Å²) in [5.74, 6) is 1.26. The number of pyridine rings is 1. The van der Waals surface area contributed by atoms with Gasteiger partial charge in [0.15, 0.2) is 0 Å². The fourth-order valence-corrected chi connectivity index (χ4v) is 3.15. The maximum atomic E-state index is 12.9. The molecule has 1 aliphatic rings. The average molecular weight is 371 g/mol. The van der Waals surface area contributed by atoms with Gasteiger partial charge in [0.1, 0.15) is 11.6 Å². The third-order valence-corrected chi connectivity index (χ3v) is 4.43. The monoisotopic (exact) mass is 371 g/mol. The Labute approximate surface area is 159 Å². The van der Waals surface area contributed by atoms with E-state index < -0.39 is 6.03 Å². The van der Waals surface area contributed by atoms with Crippen LogP contribution in [0.25, 0.3) is 0 Å². The second-order valence-corrected chi connectivity index (χ2v) is 7.17. The summed E-state index contributed by atoms with van der Waals surface area (Å²) >= 11 is 0. The third-order valence-electron chi connectivity index (χ3n) is 4.43. The fourth-order valence-electron chi connectivity index (χ4n) is 3.15. The molecule has 1 aliphatic heterocycles. The Morgan fingerprint density at radius 2 is 1.67 bits per heavy atom. The predicted octanol–water partition coefficient (Wildman–Crippen LogP) is 3.64. The molecule has 1 aromatic carbocycles. The molecular formula is C20H26FN5O. The number of hydrogen-bond donors (Lipinski definition) is 2. The first-order valence-corrected chi connectivity index (χ1v) is 9.26. The summed E-state index contributed by atoms with van der Waals surface area (Å²) in [5.41, 5.74) is 1.13. The van der Waals surface area contributed by atoms with Crippen LogP contribution in [0.15, 0.2) is 42.6 Å². The van der Waals surface area contributed by atoms with Crippen molar-refractivity contribution in [1.82, 2.24) is 9.88 Å². The van der Waals surface area contributed by atoms with Crippen molar-refractivity contribution in [2.45, 2.75) is 13.8 Å². The van der Waals surface area contributed by atoms with Gasteiger partial charge in [0.2, 0.25) is 0 Å². The van der Waals surface area contributed by atoms with E-state index in [9.17, 15) is 9.18 Å². The molecule has 0 unspecified atom stereocenters. The Morgan fingerprint density at radius 3 is 2.26 bits per heavy atom. The molecule has 1 aromatic heterocycles. The van der Waals surface area contributed by atoms with Crippen LogP contribution in [0.3, 0.4) is 0 Å². The molecule has 1 fully saturated rings. The minimum Gasteiger partial charge on any atom is -0.354 e. The first-order chi connectivity index (χ1) is 13.0. The van der Waals surface area contributed by atoms with E-state index >= 15 is 0 Å². The summed E-state index contributed by atoms with van der Waals surface area (Å²) in [5, 5.41) is 5.39. The van der Waals surface area contributed by atoms with Gasteiger partial charge in [-0.25, -0.2) is 14.2 Å². The first-order valence-electron chi connectivity index (χ1n) is 9.26. The molecule has 1 saturated heterocycles. The van der Waals surface area contributed by atoms with Crippen LogP contribution in [-0.2, 0) is 0 Å². The van der Waals surface area contributed by atoms with Gasteiger partial charge in [0, 0.05) is 38.4 Å². The molecule has 0 spiro atoms. The van der Waals surface area contributed by atoms with Crippen LogP contribution in [0.5, 0.6) is 0 Å². The van der Waals surface area contributed by atoms with E-state index in [-0.39, 0.29) is 5.82 Å². The number of hydrogen-bond acceptors (Lipinski definition) is 4. The SMILES string of the molecule is CC(C)CN1CCN(c2ccc(NC(=O)Nc3ccc(F)cc3)cn2)CC1. The Bertz CT molecular complexity index is 740. The quantitative estimate of drug-likeness (QED) is 0.842. The molecule has 144 valence electrons. The van der Waals surface area contributed by atoms with E-state index in [2.05, 4.69) is 39.3 Å². The van der Waals surface area contributed by atoms with Crippen molar-refractivity contribution in [3.05, 3.63) is 48.4 Å². The number of carbonyl (C=O) groups is 1. The van der Waals surface area contributed by atoms with Crippen molar-refractivity contribution >= 4 is 23.2 Å². The molecule has 0 saturated carbocycles. The van der Waals surface area contributed by atoms with Gasteiger partial charge in [-0.1, -0.05) is 13.8 Å². The fraction of sp³-hybridized carbons (Fsp3) is 0.400. The Morgan fingerprint density at radius 1 is 1.04 bits per heavy atom. The van der Waals surface area contributed by atoms with Crippen molar-refractivity contribution in [1.29, 1.82) is 0 Å². The van der Waals surface area contributed by atoms with Crippen LogP contribution in [0.4, 0.5) is 26.4 Å². The highest BCUT2D eigenvalue weighted by atomic mass is 19.1. The van der Waals surface area contributed by atoms with Gasteiger partial charge in [-0.2, -0.15) is 0 Å². The third kappa shape index (κ3) is 5.65. The zero-order valence-electron chi connectivity index (χ0n) is 15.8. The van der Waals surface area contributed by atoms with Gasteiger partial charge in [0.05, 0.1) is 11.9 Å². The van der Waals surface area contributed by atoms with E-state index in [0.717, 1.165) is 38.5 Å². The minimum absolute atomic E-state index is 0.342. The Hall–Kier alpha value is -2.67. The van der Waals surface area contributed by atoms with Crippen molar-refractivity contribution in [2.24, 2.45) is 5.92 Å². The molecule has 0 atom stereocenters. The summed E-state index contributed by atoms with van der Waals surface area (Å²) in [6.45, 7) is 9.61. The minimum atomic E-state index is -0.390. The van der Waals surface area contributed by atoms with Gasteiger partial charge in [0.25, 0.3) is 0 Å². The van der Waals surface area contributed by atoms with E-state index in [0.29, 0.717) is 17.3 Å². The largest absolute Gasteiger partial charge is 0.354 e. The second kappa shape index (κ2) is 8.81. The van der Waals surface area contributed by atoms with Crippen LogP contribution in [0.1, 0.15) is 13.8 Å². The zero-order valence-corrected chi connectivity index (χ0v) is 15.8. The summed E-state index contributed by atoms with van der Waals surface area (Å²) in [4.78, 5) is 21.2. The van der Waals surface area contributed by atoms with Crippen LogP contribution < -0.4 is 15.5 Å². The van der Waals surface area contributed by atoms with E-state index in [1.54, 1.807) is 6.20 Å². The van der Waals surface area contributed by atoms with Crippen LogP contribution >= 0.6 is 0 Å². The van der Waals surface area contributed by atoms with Gasteiger partial charge in [-0.15, -0.1) is 0 Å². The Balaban J connectivity index is 1.50. The highest BCUT2D eigenvalue weighted by Gasteiger charge is 2.18. The lowest BCUT2D eigenvalue weighted by molar-refractivity contribution is 0.231. The number of urea groups is 1. The molecule has 27 heavy (non-hydrogen) atoms. The number of amides is 2. The molecule has 2 amide bonds. The van der Waals surface area contributed by atoms with Crippen LogP contribution in [0.2, 0.25) is 0 Å². The van der Waals surface area contributed by atoms with Crippen molar-refractivity contribution in [2.75, 3.05) is 48.3 Å². The van der Waals surface area contributed by atoms with Crippen molar-refractivity contribution in [3.8, 4) is 0 Å². The lowest BCUT2D eigenvalue weighted by atomic mass is 10.2. The molecular weight excluding hydrogens is 345 g/mol. The predicted molar refractivity (Wildman–Crippen MR) is 107 cm³/mol. The summed E-state index contributed by atoms with van der Waals surface area (Å²) in [6.07, 6.45) is 1.65. The lowest BCUT2D eigenvalue weighted by Gasteiger charge is -2.36. The topological polar surface area (TPSA) is 60.5 Å². The molecule has 3 rings (SSSR count). The number of piperazine rings is 1. The summed E-state index contributed by atoms with van der Waals surface area (Å²) in [7, 11) is 0. The van der Waals surface area contributed by atoms with E-state index in [4.69, 9.17) is 0 Å². The lowest BCUT2D eigenvalue weighted by Crippen LogP contribution is -2.47. The van der Waals surface area contributed by atoms with Gasteiger partial charge in [-0.3, -0.25) is 4.90 Å². The van der Waals surface area contributed by atoms with Crippen LogP contribution in [0, 0.1) is 11.7 Å². The number of rotatable bonds is 5. The summed E-state index contributed by atoms with van der Waals surface area (Å²) < 4.78 is 12.9. The van der Waals surface area contributed by atoms with Crippen molar-refractivity contribution in [3.63, 3.8) is 0 Å². The number of benzene rings is 1. The molecule has 2 aromatic rings. The normalized spacial score (nSPS) is 15.0. The van der Waals surface area contributed by atoms with Crippen LogP contribution in [-0.4, -0.2) is 48.6 Å². The number of nitrogens with one attached hydrogen (secondary N) is 2. The molecule has 2 N–H and O–H groups in total. The highest BCUT2D eigenvalue weighted by Crippen LogP contribution is 2.17. The molecule has 6 nitrogen and oxygen atoms in total. The van der Waals surface area contributed by atoms with Gasteiger partial charge < -0.3 is 15.5 Å². The molecule has 0 bridgehead atoms. The standard InChI is InChI=1S/C20H26FN5O/c1-15(2)14-25-9-11-26(12-10-25)19-8-7-18(13-22-19)24-20(27)23-17-5-3-16(21)4-6-17/h3-8,13,15H,9-12,14H2,1-2H3,(H2,23,24,27). The van der Waals surface area contributed by atoms with E-state index in [1.165, 1.54) is 24.3 Å². The number of nitrogens with zero attached hydrogens (tertiary/aromatic N) is 3. The Kier molecular flexibility index (Phi) is 6.24. The highest BCUT2D eigenvalue weighted by molar-refractivity contribution is 5.99. The maximum absolute atomic E-state index is 12.9. The second-order valence-electron chi connectivity index (χ2n) is 7.17. The van der Waals surface area contributed by atoms with Crippen molar-refractivity contribution < 1.29 is 9.18 Å².